The molecule has 2 aromatic carbocycles. The summed E-state index contributed by atoms with van der Waals surface area (Å²) in [6.07, 6.45) is 1.83. The van der Waals surface area contributed by atoms with Crippen molar-refractivity contribution in [2.75, 3.05) is 6.73 Å². The molecule has 2 heterocycles. The zero-order chi connectivity index (χ0) is 17.6. The van der Waals surface area contributed by atoms with E-state index in [0.717, 1.165) is 29.0 Å². The third kappa shape index (κ3) is 2.72. The van der Waals surface area contributed by atoms with Gasteiger partial charge in [0.05, 0.1) is 11.1 Å². The SMILES string of the molecule is Cc1ccccc1/C=C1\Oc2c(ccc3c2CN(C(C)C)CO3)C1=O. The van der Waals surface area contributed by atoms with Crippen LogP contribution in [0.4, 0.5) is 0 Å². The summed E-state index contributed by atoms with van der Waals surface area (Å²) in [5.41, 5.74) is 3.68. The summed E-state index contributed by atoms with van der Waals surface area (Å²) in [6.45, 7) is 7.57. The van der Waals surface area contributed by atoms with Crippen molar-refractivity contribution in [3.05, 3.63) is 64.4 Å². The van der Waals surface area contributed by atoms with Gasteiger partial charge in [0, 0.05) is 12.6 Å². The van der Waals surface area contributed by atoms with E-state index in [9.17, 15) is 4.79 Å². The Morgan fingerprint density at radius 3 is 2.72 bits per heavy atom. The highest BCUT2D eigenvalue weighted by Gasteiger charge is 2.34. The van der Waals surface area contributed by atoms with Gasteiger partial charge in [0.15, 0.2) is 5.76 Å². The normalized spacial score (nSPS) is 18.1. The van der Waals surface area contributed by atoms with E-state index in [4.69, 9.17) is 9.47 Å². The summed E-state index contributed by atoms with van der Waals surface area (Å²) in [6, 6.07) is 12.0. The van der Waals surface area contributed by atoms with Crippen molar-refractivity contribution < 1.29 is 14.3 Å². The van der Waals surface area contributed by atoms with Gasteiger partial charge in [-0.15, -0.1) is 0 Å². The van der Waals surface area contributed by atoms with E-state index in [1.165, 1.54) is 0 Å². The molecular weight excluding hydrogens is 314 g/mol. The molecule has 0 bridgehead atoms. The Balaban J connectivity index is 1.73. The highest BCUT2D eigenvalue weighted by molar-refractivity contribution is 6.15. The summed E-state index contributed by atoms with van der Waals surface area (Å²) < 4.78 is 11.9. The molecule has 0 N–H and O–H groups in total. The molecule has 0 fully saturated rings. The van der Waals surface area contributed by atoms with Gasteiger partial charge in [0.25, 0.3) is 0 Å². The number of fused-ring (bicyclic) bond motifs is 3. The van der Waals surface area contributed by atoms with Crippen LogP contribution in [0.2, 0.25) is 0 Å². The first kappa shape index (κ1) is 15.9. The molecule has 4 rings (SSSR count). The van der Waals surface area contributed by atoms with Gasteiger partial charge in [0.2, 0.25) is 5.78 Å². The number of carbonyl (C=O) groups is 1. The number of hydrogen-bond donors (Lipinski definition) is 0. The molecule has 128 valence electrons. The van der Waals surface area contributed by atoms with Crippen LogP contribution in [0.3, 0.4) is 0 Å². The first-order valence-electron chi connectivity index (χ1n) is 8.57. The minimum absolute atomic E-state index is 0.0669. The fraction of sp³-hybridized carbons (Fsp3) is 0.286. The van der Waals surface area contributed by atoms with Gasteiger partial charge < -0.3 is 9.47 Å². The molecule has 4 nitrogen and oxygen atoms in total. The molecule has 25 heavy (non-hydrogen) atoms. The average Bonchev–Trinajstić information content (AvgIpc) is 2.93. The van der Waals surface area contributed by atoms with Gasteiger partial charge in [0.1, 0.15) is 18.2 Å². The number of ketones is 1. The lowest BCUT2D eigenvalue weighted by Crippen LogP contribution is -2.37. The molecule has 0 spiro atoms. The second-order valence-electron chi connectivity index (χ2n) is 6.83. The van der Waals surface area contributed by atoms with E-state index < -0.39 is 0 Å². The number of hydrogen-bond acceptors (Lipinski definition) is 4. The van der Waals surface area contributed by atoms with E-state index in [1.807, 2.05) is 43.3 Å². The topological polar surface area (TPSA) is 38.8 Å². The van der Waals surface area contributed by atoms with E-state index >= 15 is 0 Å². The van der Waals surface area contributed by atoms with Crippen molar-refractivity contribution in [3.8, 4) is 11.5 Å². The maximum atomic E-state index is 12.8. The van der Waals surface area contributed by atoms with Crippen LogP contribution in [0.1, 0.15) is 40.9 Å². The zero-order valence-corrected chi connectivity index (χ0v) is 14.7. The highest BCUT2D eigenvalue weighted by Crippen LogP contribution is 2.42. The molecule has 0 saturated carbocycles. The van der Waals surface area contributed by atoms with Crippen LogP contribution < -0.4 is 9.47 Å². The molecule has 4 heteroatoms. The zero-order valence-electron chi connectivity index (χ0n) is 14.7. The molecule has 0 atom stereocenters. The standard InChI is InChI=1S/C21H21NO3/c1-13(2)22-11-17-18(24-12-22)9-8-16-20(23)19(25-21(16)17)10-15-7-5-4-6-14(15)3/h4-10,13H,11-12H2,1-3H3/b19-10-. The van der Waals surface area contributed by atoms with Crippen molar-refractivity contribution in [2.24, 2.45) is 0 Å². The maximum absolute atomic E-state index is 12.8. The molecule has 0 amide bonds. The maximum Gasteiger partial charge on any atom is 0.231 e. The van der Waals surface area contributed by atoms with Gasteiger partial charge in [-0.25, -0.2) is 0 Å². The Morgan fingerprint density at radius 2 is 1.96 bits per heavy atom. The summed E-state index contributed by atoms with van der Waals surface area (Å²) in [4.78, 5) is 15.0. The monoisotopic (exact) mass is 335 g/mol. The fourth-order valence-electron chi connectivity index (χ4n) is 3.20. The predicted molar refractivity (Wildman–Crippen MR) is 96.7 cm³/mol. The predicted octanol–water partition coefficient (Wildman–Crippen LogP) is 4.17. The number of ether oxygens (including phenoxy) is 2. The number of aryl methyl sites for hydroxylation is 1. The molecule has 2 aromatic rings. The van der Waals surface area contributed by atoms with Gasteiger partial charge in [-0.2, -0.15) is 0 Å². The molecule has 0 aliphatic carbocycles. The third-order valence-corrected chi connectivity index (χ3v) is 4.85. The number of allylic oxidation sites excluding steroid dienone is 1. The van der Waals surface area contributed by atoms with Crippen molar-refractivity contribution >= 4 is 11.9 Å². The Bertz CT molecular complexity index is 883. The first-order valence-corrected chi connectivity index (χ1v) is 8.57. The summed E-state index contributed by atoms with van der Waals surface area (Å²) in [5, 5.41) is 0. The van der Waals surface area contributed by atoms with E-state index in [-0.39, 0.29) is 5.78 Å². The third-order valence-electron chi connectivity index (χ3n) is 4.85. The number of nitrogens with zero attached hydrogens (tertiary/aromatic N) is 1. The fourth-order valence-corrected chi connectivity index (χ4v) is 3.20. The van der Waals surface area contributed by atoms with Crippen molar-refractivity contribution in [3.63, 3.8) is 0 Å². The molecular formula is C21H21NO3. The number of rotatable bonds is 2. The van der Waals surface area contributed by atoms with Crippen molar-refractivity contribution in [1.82, 2.24) is 4.90 Å². The molecule has 0 unspecified atom stereocenters. The summed E-state index contributed by atoms with van der Waals surface area (Å²) in [7, 11) is 0. The second kappa shape index (κ2) is 6.05. The largest absolute Gasteiger partial charge is 0.478 e. The van der Waals surface area contributed by atoms with E-state index in [1.54, 1.807) is 6.07 Å². The van der Waals surface area contributed by atoms with Crippen LogP contribution in [0.25, 0.3) is 6.08 Å². The van der Waals surface area contributed by atoms with E-state index in [2.05, 4.69) is 18.7 Å². The molecule has 0 saturated heterocycles. The van der Waals surface area contributed by atoms with Crippen molar-refractivity contribution in [1.29, 1.82) is 0 Å². The Hall–Kier alpha value is -2.59. The summed E-state index contributed by atoms with van der Waals surface area (Å²) in [5.74, 6) is 1.76. The minimum atomic E-state index is -0.0669. The van der Waals surface area contributed by atoms with Crippen LogP contribution >= 0.6 is 0 Å². The number of Topliss-reactive ketones (excluding diaryl/α,β-unsaturated/α-hetero) is 1. The Labute approximate surface area is 147 Å². The van der Waals surface area contributed by atoms with Crippen molar-refractivity contribution in [2.45, 2.75) is 33.4 Å². The van der Waals surface area contributed by atoms with E-state index in [0.29, 0.717) is 29.8 Å². The van der Waals surface area contributed by atoms with Crippen LogP contribution in [-0.4, -0.2) is 23.5 Å². The Kier molecular flexibility index (Phi) is 3.85. The van der Waals surface area contributed by atoms with Gasteiger partial charge in [-0.1, -0.05) is 24.3 Å². The molecule has 2 aliphatic rings. The molecule has 0 aromatic heterocycles. The molecule has 2 aliphatic heterocycles. The minimum Gasteiger partial charge on any atom is -0.478 e. The second-order valence-corrected chi connectivity index (χ2v) is 6.83. The van der Waals surface area contributed by atoms with Crippen LogP contribution in [0.15, 0.2) is 42.2 Å². The quantitative estimate of drug-likeness (QED) is 0.772. The van der Waals surface area contributed by atoms with Crippen LogP contribution in [-0.2, 0) is 6.54 Å². The van der Waals surface area contributed by atoms with Gasteiger partial charge in [-0.3, -0.25) is 9.69 Å². The van der Waals surface area contributed by atoms with Crippen LogP contribution in [0.5, 0.6) is 11.5 Å². The smallest absolute Gasteiger partial charge is 0.231 e. The average molecular weight is 335 g/mol. The first-order chi connectivity index (χ1) is 12.0. The Morgan fingerprint density at radius 1 is 1.16 bits per heavy atom. The number of carbonyl (C=O) groups excluding carboxylic acids is 1. The van der Waals surface area contributed by atoms with Crippen LogP contribution in [0, 0.1) is 6.92 Å². The molecule has 0 radical (unpaired) electrons. The lowest BCUT2D eigenvalue weighted by atomic mass is 10.0. The lowest BCUT2D eigenvalue weighted by molar-refractivity contribution is 0.0674. The highest BCUT2D eigenvalue weighted by atomic mass is 16.5. The van der Waals surface area contributed by atoms with Gasteiger partial charge in [-0.05, 0) is 50.1 Å². The van der Waals surface area contributed by atoms with Gasteiger partial charge >= 0.3 is 0 Å². The summed E-state index contributed by atoms with van der Waals surface area (Å²) >= 11 is 0. The lowest BCUT2D eigenvalue weighted by Gasteiger charge is -2.32. The number of benzene rings is 2.